The summed E-state index contributed by atoms with van der Waals surface area (Å²) in [5, 5.41) is 0. The zero-order valence-corrected chi connectivity index (χ0v) is 17.0. The number of rotatable bonds is 7. The molecule has 1 aliphatic carbocycles. The summed E-state index contributed by atoms with van der Waals surface area (Å²) in [6.07, 6.45) is 5.70. The smallest absolute Gasteiger partial charge is 0.254 e. The Balaban J connectivity index is 1.34. The van der Waals surface area contributed by atoms with Crippen LogP contribution in [0.25, 0.3) is 0 Å². The molecule has 0 aromatic heterocycles. The van der Waals surface area contributed by atoms with Gasteiger partial charge in [-0.2, -0.15) is 0 Å². The lowest BCUT2D eigenvalue weighted by molar-refractivity contribution is -0.200. The third-order valence-electron chi connectivity index (χ3n) is 6.65. The SMILES string of the molecule is CCC(=O)CCN1CC2(CCN(CCc3ccccc3)CC2)OC2(CC2)C1=O. The van der Waals surface area contributed by atoms with Gasteiger partial charge in [0.2, 0.25) is 0 Å². The highest BCUT2D eigenvalue weighted by molar-refractivity contribution is 5.89. The second-order valence-electron chi connectivity index (χ2n) is 8.73. The molecule has 0 atom stereocenters. The Kier molecular flexibility index (Phi) is 5.57. The highest BCUT2D eigenvalue weighted by atomic mass is 16.5. The average molecular weight is 385 g/mol. The number of ketones is 1. The molecule has 5 nitrogen and oxygen atoms in total. The second-order valence-corrected chi connectivity index (χ2v) is 8.73. The van der Waals surface area contributed by atoms with Crippen molar-refractivity contribution >= 4 is 11.7 Å². The summed E-state index contributed by atoms with van der Waals surface area (Å²) >= 11 is 0. The van der Waals surface area contributed by atoms with Gasteiger partial charge in [0.25, 0.3) is 5.91 Å². The van der Waals surface area contributed by atoms with Crippen molar-refractivity contribution in [1.29, 1.82) is 0 Å². The van der Waals surface area contributed by atoms with E-state index in [9.17, 15) is 9.59 Å². The van der Waals surface area contributed by atoms with Gasteiger partial charge in [-0.15, -0.1) is 0 Å². The van der Waals surface area contributed by atoms with Gasteiger partial charge in [-0.25, -0.2) is 0 Å². The van der Waals surface area contributed by atoms with Crippen LogP contribution in [0.2, 0.25) is 0 Å². The average Bonchev–Trinajstić information content (AvgIpc) is 3.50. The van der Waals surface area contributed by atoms with Crippen LogP contribution in [0, 0.1) is 0 Å². The van der Waals surface area contributed by atoms with Gasteiger partial charge < -0.3 is 14.5 Å². The number of hydrogen-bond acceptors (Lipinski definition) is 4. The predicted octanol–water partition coefficient (Wildman–Crippen LogP) is 2.82. The van der Waals surface area contributed by atoms with E-state index in [1.165, 1.54) is 5.56 Å². The predicted molar refractivity (Wildman–Crippen MR) is 108 cm³/mol. The van der Waals surface area contributed by atoms with Gasteiger partial charge in [-0.3, -0.25) is 9.59 Å². The highest BCUT2D eigenvalue weighted by Crippen LogP contribution is 2.49. The molecule has 1 saturated carbocycles. The Hall–Kier alpha value is -1.72. The van der Waals surface area contributed by atoms with Crippen LogP contribution in [0.1, 0.15) is 51.0 Å². The standard InChI is InChI=1S/C23H32N2O3/c1-2-20(26)9-15-25-18-22(28-23(10-11-23)21(25)27)12-16-24(17-13-22)14-8-19-6-4-3-5-7-19/h3-7H,2,8-18H2,1H3. The molecule has 0 radical (unpaired) electrons. The van der Waals surface area contributed by atoms with Crippen LogP contribution in [0.5, 0.6) is 0 Å². The molecule has 0 N–H and O–H groups in total. The van der Waals surface area contributed by atoms with Gasteiger partial charge in [-0.1, -0.05) is 37.3 Å². The maximum atomic E-state index is 12.8. The number of piperidine rings is 1. The molecule has 1 aromatic rings. The number of hydrogen-bond donors (Lipinski definition) is 0. The van der Waals surface area contributed by atoms with E-state index in [2.05, 4.69) is 35.2 Å². The fourth-order valence-electron chi connectivity index (χ4n) is 4.62. The number of ether oxygens (including phenoxy) is 1. The van der Waals surface area contributed by atoms with Crippen molar-refractivity contribution in [3.05, 3.63) is 35.9 Å². The Bertz CT molecular complexity index is 706. The lowest BCUT2D eigenvalue weighted by Gasteiger charge is -2.50. The minimum atomic E-state index is -0.570. The van der Waals surface area contributed by atoms with E-state index in [1.807, 2.05) is 11.8 Å². The summed E-state index contributed by atoms with van der Waals surface area (Å²) in [6, 6.07) is 10.6. The first-order chi connectivity index (χ1) is 13.5. The molecule has 1 aromatic carbocycles. The van der Waals surface area contributed by atoms with Crippen LogP contribution in [0.3, 0.4) is 0 Å². The first kappa shape index (κ1) is 19.6. The van der Waals surface area contributed by atoms with Crippen LogP contribution in [0.4, 0.5) is 0 Å². The number of benzene rings is 1. The van der Waals surface area contributed by atoms with Crippen LogP contribution in [-0.4, -0.2) is 65.4 Å². The lowest BCUT2D eigenvalue weighted by Crippen LogP contribution is -2.63. The van der Waals surface area contributed by atoms with Crippen LogP contribution >= 0.6 is 0 Å². The number of likely N-dealkylation sites (tertiary alicyclic amines) is 1. The fourth-order valence-corrected chi connectivity index (χ4v) is 4.62. The molecular weight excluding hydrogens is 352 g/mol. The number of amides is 1. The molecule has 3 fully saturated rings. The Morgan fingerprint density at radius 2 is 1.79 bits per heavy atom. The minimum absolute atomic E-state index is 0.119. The van der Waals surface area contributed by atoms with Crippen molar-refractivity contribution in [3.63, 3.8) is 0 Å². The number of Topliss-reactive ketones (excluding diaryl/α,β-unsaturated/α-hetero) is 1. The maximum absolute atomic E-state index is 12.8. The minimum Gasteiger partial charge on any atom is -0.357 e. The fraction of sp³-hybridized carbons (Fsp3) is 0.652. The molecule has 3 aliphatic rings. The van der Waals surface area contributed by atoms with Crippen LogP contribution in [-0.2, 0) is 20.7 Å². The van der Waals surface area contributed by atoms with E-state index in [1.54, 1.807) is 0 Å². The van der Waals surface area contributed by atoms with E-state index < -0.39 is 5.60 Å². The molecule has 5 heteroatoms. The van der Waals surface area contributed by atoms with Crippen molar-refractivity contribution in [1.82, 2.24) is 9.80 Å². The molecule has 0 unspecified atom stereocenters. The molecule has 2 saturated heterocycles. The number of nitrogens with zero attached hydrogens (tertiary/aromatic N) is 2. The topological polar surface area (TPSA) is 49.9 Å². The summed E-state index contributed by atoms with van der Waals surface area (Å²) < 4.78 is 6.50. The number of carbonyl (C=O) groups excluding carboxylic acids is 2. The van der Waals surface area contributed by atoms with Gasteiger partial charge >= 0.3 is 0 Å². The van der Waals surface area contributed by atoms with Crippen molar-refractivity contribution in [2.75, 3.05) is 32.7 Å². The molecular formula is C23H32N2O3. The van der Waals surface area contributed by atoms with Gasteiger partial charge in [0.15, 0.2) is 0 Å². The Labute approximate surface area is 168 Å². The summed E-state index contributed by atoms with van der Waals surface area (Å²) in [5.41, 5.74) is 0.592. The van der Waals surface area contributed by atoms with E-state index >= 15 is 0 Å². The van der Waals surface area contributed by atoms with E-state index in [-0.39, 0.29) is 17.3 Å². The second kappa shape index (κ2) is 7.96. The van der Waals surface area contributed by atoms with Crippen molar-refractivity contribution in [2.45, 2.75) is 63.1 Å². The maximum Gasteiger partial charge on any atom is 0.254 e. The summed E-state index contributed by atoms with van der Waals surface area (Å²) in [7, 11) is 0. The zero-order chi connectivity index (χ0) is 19.6. The summed E-state index contributed by atoms with van der Waals surface area (Å²) in [4.78, 5) is 29.1. The first-order valence-corrected chi connectivity index (χ1v) is 10.8. The molecule has 4 rings (SSSR count). The van der Waals surface area contributed by atoms with Crippen LogP contribution in [0.15, 0.2) is 30.3 Å². The monoisotopic (exact) mass is 384 g/mol. The molecule has 28 heavy (non-hydrogen) atoms. The highest BCUT2D eigenvalue weighted by Gasteiger charge is 2.61. The van der Waals surface area contributed by atoms with Crippen LogP contribution < -0.4 is 0 Å². The van der Waals surface area contributed by atoms with Crippen molar-refractivity contribution in [3.8, 4) is 0 Å². The number of carbonyl (C=O) groups is 2. The van der Waals surface area contributed by atoms with Gasteiger partial charge in [0, 0.05) is 45.6 Å². The summed E-state index contributed by atoms with van der Waals surface area (Å²) in [6.45, 7) is 6.18. The van der Waals surface area contributed by atoms with Gasteiger partial charge in [-0.05, 0) is 37.7 Å². The van der Waals surface area contributed by atoms with Crippen molar-refractivity contribution in [2.24, 2.45) is 0 Å². The van der Waals surface area contributed by atoms with Crippen molar-refractivity contribution < 1.29 is 14.3 Å². The number of morpholine rings is 1. The molecule has 2 aliphatic heterocycles. The molecule has 0 bridgehead atoms. The Morgan fingerprint density at radius 1 is 1.07 bits per heavy atom. The van der Waals surface area contributed by atoms with Gasteiger partial charge in [0.1, 0.15) is 11.4 Å². The molecule has 1 amide bonds. The zero-order valence-electron chi connectivity index (χ0n) is 17.0. The normalized spacial score (nSPS) is 23.3. The Morgan fingerprint density at radius 3 is 2.43 bits per heavy atom. The third-order valence-corrected chi connectivity index (χ3v) is 6.65. The quantitative estimate of drug-likeness (QED) is 0.725. The van der Waals surface area contributed by atoms with Gasteiger partial charge in [0.05, 0.1) is 5.60 Å². The first-order valence-electron chi connectivity index (χ1n) is 10.8. The van der Waals surface area contributed by atoms with E-state index in [4.69, 9.17) is 4.74 Å². The largest absolute Gasteiger partial charge is 0.357 e. The van der Waals surface area contributed by atoms with E-state index in [0.29, 0.717) is 25.9 Å². The molecule has 152 valence electrons. The lowest BCUT2D eigenvalue weighted by atomic mass is 9.87. The third kappa shape index (κ3) is 4.15. The summed E-state index contributed by atoms with van der Waals surface area (Å²) in [5.74, 6) is 0.349. The van der Waals surface area contributed by atoms with E-state index in [0.717, 1.165) is 51.7 Å². The molecule has 2 heterocycles. The molecule has 2 spiro atoms.